The highest BCUT2D eigenvalue weighted by Gasteiger charge is 2.67. The van der Waals surface area contributed by atoms with Crippen molar-refractivity contribution in [3.63, 3.8) is 0 Å². The largest absolute Gasteiger partial charge is 0.466 e. The van der Waals surface area contributed by atoms with Crippen LogP contribution in [-0.2, 0) is 19.1 Å². The molecule has 0 aromatic rings. The Morgan fingerprint density at radius 3 is 3.00 bits per heavy atom. The van der Waals surface area contributed by atoms with Gasteiger partial charge in [-0.25, -0.2) is 0 Å². The van der Waals surface area contributed by atoms with Crippen LogP contribution in [0, 0.1) is 17.8 Å². The van der Waals surface area contributed by atoms with Gasteiger partial charge in [-0.3, -0.25) is 9.59 Å². The quantitative estimate of drug-likeness (QED) is 0.572. The van der Waals surface area contributed by atoms with E-state index in [4.69, 9.17) is 9.47 Å². The summed E-state index contributed by atoms with van der Waals surface area (Å²) in [4.78, 5) is 24.0. The van der Waals surface area contributed by atoms with Crippen molar-refractivity contribution in [1.29, 1.82) is 0 Å². The molecule has 2 bridgehead atoms. The third kappa shape index (κ3) is 1.45. The van der Waals surface area contributed by atoms with E-state index < -0.39 is 5.60 Å². The van der Waals surface area contributed by atoms with Crippen LogP contribution in [0.2, 0.25) is 0 Å². The van der Waals surface area contributed by atoms with Gasteiger partial charge in [0, 0.05) is 5.92 Å². The number of epoxide rings is 1. The van der Waals surface area contributed by atoms with Crippen LogP contribution in [0.15, 0.2) is 10.6 Å². The standard InChI is InChI=1S/C12H13BrO4/c1-2-16-11(15)7-3-8-9(13)4-6(7)10(14)12(8)5-17-12/h4,6-8H,2-3,5H2,1H3/t6-,7-,8-,12-/m0/s1. The molecule has 1 aliphatic heterocycles. The minimum atomic E-state index is -0.624. The van der Waals surface area contributed by atoms with E-state index in [-0.39, 0.29) is 29.5 Å². The summed E-state index contributed by atoms with van der Waals surface area (Å²) in [5.41, 5.74) is -0.624. The van der Waals surface area contributed by atoms with Crippen LogP contribution < -0.4 is 0 Å². The fraction of sp³-hybridized carbons (Fsp3) is 0.667. The van der Waals surface area contributed by atoms with Crippen LogP contribution in [0.5, 0.6) is 0 Å². The maximum atomic E-state index is 12.2. The molecule has 92 valence electrons. The van der Waals surface area contributed by atoms with E-state index in [9.17, 15) is 9.59 Å². The number of rotatable bonds is 2. The van der Waals surface area contributed by atoms with Gasteiger partial charge in [-0.05, 0) is 17.8 Å². The molecule has 0 unspecified atom stereocenters. The molecule has 0 aromatic heterocycles. The maximum Gasteiger partial charge on any atom is 0.310 e. The smallest absolute Gasteiger partial charge is 0.310 e. The Hall–Kier alpha value is -0.680. The second kappa shape index (κ2) is 3.65. The van der Waals surface area contributed by atoms with Gasteiger partial charge in [0.15, 0.2) is 11.4 Å². The Morgan fingerprint density at radius 2 is 2.41 bits per heavy atom. The van der Waals surface area contributed by atoms with Crippen LogP contribution in [0.25, 0.3) is 0 Å². The molecule has 4 nitrogen and oxygen atoms in total. The monoisotopic (exact) mass is 300 g/mol. The lowest BCUT2D eigenvalue weighted by Crippen LogP contribution is -2.52. The topological polar surface area (TPSA) is 55.9 Å². The fourth-order valence-electron chi connectivity index (χ4n) is 2.96. The molecule has 4 atom stereocenters. The van der Waals surface area contributed by atoms with Gasteiger partial charge in [0.25, 0.3) is 0 Å². The molecule has 17 heavy (non-hydrogen) atoms. The summed E-state index contributed by atoms with van der Waals surface area (Å²) < 4.78 is 11.4. The minimum Gasteiger partial charge on any atom is -0.466 e. The molecule has 1 saturated heterocycles. The highest BCUT2D eigenvalue weighted by atomic mass is 79.9. The highest BCUT2D eigenvalue weighted by molar-refractivity contribution is 9.11. The summed E-state index contributed by atoms with van der Waals surface area (Å²) in [7, 11) is 0. The van der Waals surface area contributed by atoms with Crippen molar-refractivity contribution in [1.82, 2.24) is 0 Å². The molecule has 3 aliphatic carbocycles. The maximum absolute atomic E-state index is 12.2. The van der Waals surface area contributed by atoms with Crippen LogP contribution in [0.3, 0.4) is 0 Å². The van der Waals surface area contributed by atoms with Gasteiger partial charge in [-0.1, -0.05) is 22.0 Å². The predicted molar refractivity (Wildman–Crippen MR) is 62.4 cm³/mol. The molecule has 1 spiro atoms. The predicted octanol–water partition coefficient (Wildman–Crippen LogP) is 1.43. The molecule has 0 N–H and O–H groups in total. The average molecular weight is 301 g/mol. The first-order valence-electron chi connectivity index (χ1n) is 5.82. The van der Waals surface area contributed by atoms with E-state index in [2.05, 4.69) is 15.9 Å². The Bertz CT molecular complexity index is 424. The van der Waals surface area contributed by atoms with E-state index >= 15 is 0 Å². The molecule has 1 heterocycles. The van der Waals surface area contributed by atoms with Crippen LogP contribution >= 0.6 is 15.9 Å². The number of ketones is 1. The summed E-state index contributed by atoms with van der Waals surface area (Å²) in [5, 5.41) is 0. The molecule has 1 saturated carbocycles. The van der Waals surface area contributed by atoms with Crippen molar-refractivity contribution >= 4 is 27.7 Å². The Kier molecular flexibility index (Phi) is 2.45. The van der Waals surface area contributed by atoms with Gasteiger partial charge in [-0.15, -0.1) is 0 Å². The molecule has 0 amide bonds. The van der Waals surface area contributed by atoms with Crippen molar-refractivity contribution in [2.45, 2.75) is 18.9 Å². The molecule has 0 aromatic carbocycles. The van der Waals surface area contributed by atoms with E-state index in [1.807, 2.05) is 6.08 Å². The highest BCUT2D eigenvalue weighted by Crippen LogP contribution is 2.56. The minimum absolute atomic E-state index is 0.00518. The van der Waals surface area contributed by atoms with Crippen LogP contribution in [0.1, 0.15) is 13.3 Å². The first kappa shape index (κ1) is 11.4. The third-order valence-corrected chi connectivity index (χ3v) is 4.74. The molecule has 0 radical (unpaired) electrons. The third-order valence-electron chi connectivity index (χ3n) is 3.92. The van der Waals surface area contributed by atoms with Gasteiger partial charge < -0.3 is 9.47 Å². The van der Waals surface area contributed by atoms with Crippen molar-refractivity contribution in [3.05, 3.63) is 10.6 Å². The number of ether oxygens (including phenoxy) is 2. The van der Waals surface area contributed by atoms with Crippen LogP contribution in [-0.4, -0.2) is 30.6 Å². The SMILES string of the molecule is CCOC(=O)[C@H]1C[C@H]2C(Br)=C[C@@H]1C(=O)[C@]21CO1. The number of esters is 1. The van der Waals surface area contributed by atoms with Gasteiger partial charge in [-0.2, -0.15) is 0 Å². The van der Waals surface area contributed by atoms with E-state index in [0.717, 1.165) is 4.48 Å². The van der Waals surface area contributed by atoms with Crippen molar-refractivity contribution in [2.24, 2.45) is 17.8 Å². The van der Waals surface area contributed by atoms with Gasteiger partial charge in [0.1, 0.15) is 0 Å². The molecule has 5 heteroatoms. The second-order valence-electron chi connectivity index (χ2n) is 4.77. The number of carbonyl (C=O) groups is 2. The number of halogens is 1. The lowest BCUT2D eigenvalue weighted by atomic mass is 9.62. The summed E-state index contributed by atoms with van der Waals surface area (Å²) in [6.45, 7) is 2.62. The number of carbonyl (C=O) groups excluding carboxylic acids is 2. The number of Topliss-reactive ketones (excluding diaryl/α,β-unsaturated/α-hetero) is 1. The van der Waals surface area contributed by atoms with Crippen molar-refractivity contribution in [3.8, 4) is 0 Å². The lowest BCUT2D eigenvalue weighted by Gasteiger charge is -2.41. The average Bonchev–Trinajstić information content (AvgIpc) is 3.07. The number of hydrogen-bond donors (Lipinski definition) is 0. The zero-order valence-electron chi connectivity index (χ0n) is 9.44. The van der Waals surface area contributed by atoms with Gasteiger partial charge in [0.05, 0.1) is 25.0 Å². The second-order valence-corrected chi connectivity index (χ2v) is 5.68. The Labute approximate surface area is 107 Å². The van der Waals surface area contributed by atoms with Gasteiger partial charge in [0.2, 0.25) is 0 Å². The van der Waals surface area contributed by atoms with Crippen molar-refractivity contribution < 1.29 is 19.1 Å². The fourth-order valence-corrected chi connectivity index (χ4v) is 3.80. The number of hydrogen-bond acceptors (Lipinski definition) is 4. The molecule has 4 rings (SSSR count). The zero-order valence-corrected chi connectivity index (χ0v) is 11.0. The van der Waals surface area contributed by atoms with E-state index in [1.54, 1.807) is 6.92 Å². The number of fused-ring (bicyclic) bond motifs is 1. The lowest BCUT2D eigenvalue weighted by molar-refractivity contribution is -0.156. The van der Waals surface area contributed by atoms with Crippen molar-refractivity contribution in [2.75, 3.05) is 13.2 Å². The van der Waals surface area contributed by atoms with E-state index in [0.29, 0.717) is 19.6 Å². The van der Waals surface area contributed by atoms with Crippen LogP contribution in [0.4, 0.5) is 0 Å². The summed E-state index contributed by atoms with van der Waals surface area (Å²) in [6.07, 6.45) is 2.50. The summed E-state index contributed by atoms with van der Waals surface area (Å²) in [6, 6.07) is 0. The normalized spacial score (nSPS) is 42.6. The Morgan fingerprint density at radius 1 is 1.71 bits per heavy atom. The summed E-state index contributed by atoms with van der Waals surface area (Å²) in [5.74, 6) is -0.925. The molecular formula is C12H13BrO4. The first-order chi connectivity index (χ1) is 8.10. The molecule has 2 fully saturated rings. The van der Waals surface area contributed by atoms with E-state index in [1.165, 1.54) is 0 Å². The number of allylic oxidation sites excluding steroid dienone is 1. The van der Waals surface area contributed by atoms with Gasteiger partial charge >= 0.3 is 5.97 Å². The molecular weight excluding hydrogens is 288 g/mol. The molecule has 4 aliphatic rings. The Balaban J connectivity index is 1.91. The zero-order chi connectivity index (χ0) is 12.2. The first-order valence-corrected chi connectivity index (χ1v) is 6.61. The summed E-state index contributed by atoms with van der Waals surface area (Å²) >= 11 is 3.48.